The SMILES string of the molecule is N[C@H](C(=O)N[C@@H](Cc1c[nH]c2ccccc12)C(=O)N[C@H](C(=O)O)C(c1ccccc1)c1ccccc1)C(c1ccccc1)c1ccccc1. The van der Waals surface area contributed by atoms with Crippen molar-refractivity contribution in [2.24, 2.45) is 5.73 Å². The van der Waals surface area contributed by atoms with Gasteiger partial charge in [0.15, 0.2) is 0 Å². The second-order valence-electron chi connectivity index (χ2n) is 12.1. The number of aromatic nitrogens is 1. The van der Waals surface area contributed by atoms with Crippen molar-refractivity contribution in [1.29, 1.82) is 0 Å². The second kappa shape index (κ2) is 15.3. The number of rotatable bonds is 13. The normalized spacial score (nSPS) is 13.1. The summed E-state index contributed by atoms with van der Waals surface area (Å²) in [6, 6.07) is 41.6. The molecule has 0 radical (unpaired) electrons. The minimum Gasteiger partial charge on any atom is -0.480 e. The van der Waals surface area contributed by atoms with Gasteiger partial charge in [-0.25, -0.2) is 4.79 Å². The maximum atomic E-state index is 14.3. The van der Waals surface area contributed by atoms with Crippen LogP contribution < -0.4 is 16.4 Å². The number of nitrogens with one attached hydrogen (secondary N) is 3. The predicted molar refractivity (Wildman–Crippen MR) is 191 cm³/mol. The Bertz CT molecular complexity index is 1920. The van der Waals surface area contributed by atoms with Gasteiger partial charge in [0.25, 0.3) is 0 Å². The van der Waals surface area contributed by atoms with Gasteiger partial charge >= 0.3 is 5.97 Å². The number of carbonyl (C=O) groups excluding carboxylic acids is 2. The minimum absolute atomic E-state index is 0.101. The molecule has 0 unspecified atom stereocenters. The molecule has 1 aromatic heterocycles. The van der Waals surface area contributed by atoms with E-state index in [1.807, 2.05) is 146 Å². The maximum Gasteiger partial charge on any atom is 0.327 e. The van der Waals surface area contributed by atoms with Gasteiger partial charge in [-0.2, -0.15) is 0 Å². The van der Waals surface area contributed by atoms with E-state index in [9.17, 15) is 19.5 Å². The third kappa shape index (κ3) is 7.61. The zero-order chi connectivity index (χ0) is 34.2. The fourth-order valence-electron chi connectivity index (χ4n) is 6.52. The van der Waals surface area contributed by atoms with E-state index in [2.05, 4.69) is 15.6 Å². The van der Waals surface area contributed by atoms with E-state index < -0.39 is 47.7 Å². The number of hydrogen-bond acceptors (Lipinski definition) is 4. The molecular formula is C41H38N4O4. The average Bonchev–Trinajstić information content (AvgIpc) is 3.55. The summed E-state index contributed by atoms with van der Waals surface area (Å²) in [5, 5.41) is 17.2. The lowest BCUT2D eigenvalue weighted by atomic mass is 9.84. The lowest BCUT2D eigenvalue weighted by Crippen LogP contribution is -2.57. The summed E-state index contributed by atoms with van der Waals surface area (Å²) in [6.07, 6.45) is 1.91. The molecule has 2 amide bonds. The highest BCUT2D eigenvalue weighted by molar-refractivity contribution is 5.94. The third-order valence-corrected chi connectivity index (χ3v) is 8.93. The van der Waals surface area contributed by atoms with Crippen molar-refractivity contribution in [1.82, 2.24) is 15.6 Å². The zero-order valence-corrected chi connectivity index (χ0v) is 26.8. The number of nitrogens with two attached hydrogens (primary N) is 1. The molecule has 49 heavy (non-hydrogen) atoms. The van der Waals surface area contributed by atoms with Gasteiger partial charge in [-0.05, 0) is 33.9 Å². The maximum absolute atomic E-state index is 14.3. The summed E-state index contributed by atoms with van der Waals surface area (Å²) in [6.45, 7) is 0. The molecule has 6 rings (SSSR count). The Morgan fingerprint density at radius 1 is 0.592 bits per heavy atom. The molecule has 6 N–H and O–H groups in total. The summed E-state index contributed by atoms with van der Waals surface area (Å²) < 4.78 is 0. The number of hydrogen-bond donors (Lipinski definition) is 5. The van der Waals surface area contributed by atoms with Crippen molar-refractivity contribution in [3.05, 3.63) is 180 Å². The molecule has 8 nitrogen and oxygen atoms in total. The van der Waals surface area contributed by atoms with Crippen molar-refractivity contribution in [3.63, 3.8) is 0 Å². The van der Waals surface area contributed by atoms with Crippen LogP contribution in [0.5, 0.6) is 0 Å². The van der Waals surface area contributed by atoms with Crippen molar-refractivity contribution in [3.8, 4) is 0 Å². The van der Waals surface area contributed by atoms with Crippen LogP contribution in [0, 0.1) is 0 Å². The van der Waals surface area contributed by atoms with Crippen molar-refractivity contribution < 1.29 is 19.5 Å². The Labute approximate surface area is 285 Å². The summed E-state index contributed by atoms with van der Waals surface area (Å²) in [5.41, 5.74) is 11.6. The van der Waals surface area contributed by atoms with Gasteiger partial charge in [0.1, 0.15) is 12.1 Å². The Kier molecular flexibility index (Phi) is 10.3. The van der Waals surface area contributed by atoms with Gasteiger partial charge in [-0.1, -0.05) is 140 Å². The highest BCUT2D eigenvalue weighted by Crippen LogP contribution is 2.30. The molecule has 0 aliphatic rings. The molecule has 0 fully saturated rings. The van der Waals surface area contributed by atoms with Crippen LogP contribution in [0.1, 0.15) is 39.7 Å². The van der Waals surface area contributed by atoms with E-state index in [-0.39, 0.29) is 6.42 Å². The van der Waals surface area contributed by atoms with Gasteiger partial charge < -0.3 is 26.5 Å². The molecule has 0 saturated heterocycles. The van der Waals surface area contributed by atoms with E-state index >= 15 is 0 Å². The molecule has 0 saturated carbocycles. The van der Waals surface area contributed by atoms with Gasteiger partial charge in [0, 0.05) is 35.4 Å². The van der Waals surface area contributed by atoms with Crippen LogP contribution >= 0.6 is 0 Å². The molecule has 0 aliphatic heterocycles. The van der Waals surface area contributed by atoms with Gasteiger partial charge in [-0.15, -0.1) is 0 Å². The fraction of sp³-hybridized carbons (Fsp3) is 0.146. The summed E-state index contributed by atoms with van der Waals surface area (Å²) in [5.74, 6) is -3.56. The molecule has 246 valence electrons. The topological polar surface area (TPSA) is 137 Å². The van der Waals surface area contributed by atoms with Crippen molar-refractivity contribution in [2.45, 2.75) is 36.4 Å². The summed E-state index contributed by atoms with van der Waals surface area (Å²) in [4.78, 5) is 44.6. The first kappa shape index (κ1) is 32.9. The minimum atomic E-state index is -1.34. The van der Waals surface area contributed by atoms with Gasteiger partial charge in [0.05, 0.1) is 6.04 Å². The predicted octanol–water partition coefficient (Wildman–Crippen LogP) is 5.76. The van der Waals surface area contributed by atoms with Crippen LogP contribution in [0.2, 0.25) is 0 Å². The molecule has 0 spiro atoms. The van der Waals surface area contributed by atoms with Gasteiger partial charge in [0.2, 0.25) is 11.8 Å². The molecular weight excluding hydrogens is 612 g/mol. The van der Waals surface area contributed by atoms with E-state index in [0.717, 1.165) is 38.7 Å². The molecule has 0 aliphatic carbocycles. The first-order valence-corrected chi connectivity index (χ1v) is 16.2. The van der Waals surface area contributed by atoms with Crippen LogP contribution in [-0.2, 0) is 20.8 Å². The quantitative estimate of drug-likeness (QED) is 0.108. The zero-order valence-electron chi connectivity index (χ0n) is 26.8. The van der Waals surface area contributed by atoms with Crippen LogP contribution in [0.15, 0.2) is 152 Å². The lowest BCUT2D eigenvalue weighted by Gasteiger charge is -2.29. The van der Waals surface area contributed by atoms with E-state index in [1.165, 1.54) is 0 Å². The number of para-hydroxylation sites is 1. The monoisotopic (exact) mass is 650 g/mol. The highest BCUT2D eigenvalue weighted by atomic mass is 16.4. The number of carboxylic acid groups (broad SMARTS) is 1. The van der Waals surface area contributed by atoms with Crippen LogP contribution in [-0.4, -0.2) is 46.0 Å². The fourth-order valence-corrected chi connectivity index (χ4v) is 6.52. The number of amides is 2. The molecule has 8 heteroatoms. The lowest BCUT2D eigenvalue weighted by molar-refractivity contribution is -0.142. The Balaban J connectivity index is 1.34. The van der Waals surface area contributed by atoms with Crippen LogP contribution in [0.25, 0.3) is 10.9 Å². The van der Waals surface area contributed by atoms with E-state index in [4.69, 9.17) is 5.73 Å². The summed E-state index contributed by atoms with van der Waals surface area (Å²) in [7, 11) is 0. The molecule has 6 aromatic rings. The second-order valence-corrected chi connectivity index (χ2v) is 12.1. The number of carbonyl (C=O) groups is 3. The molecule has 5 aromatic carbocycles. The van der Waals surface area contributed by atoms with E-state index in [1.54, 1.807) is 6.20 Å². The number of carboxylic acids is 1. The van der Waals surface area contributed by atoms with E-state index in [0.29, 0.717) is 0 Å². The standard InChI is InChI=1S/C41H38N4O4/c42-37(35(27-15-5-1-6-16-27)28-17-7-2-8-18-28)40(47)44-34(25-31-26-43-33-24-14-13-23-32(31)33)39(46)45-38(41(48)49)36(29-19-9-3-10-20-29)30-21-11-4-12-22-30/h1-24,26,34-38,43H,25,42H2,(H,44,47)(H,45,46)(H,48,49)/t34-,37-,38-/m0/s1. The third-order valence-electron chi connectivity index (χ3n) is 8.93. The average molecular weight is 651 g/mol. The molecule has 3 atom stereocenters. The summed E-state index contributed by atoms with van der Waals surface area (Å²) >= 11 is 0. The Morgan fingerprint density at radius 3 is 1.53 bits per heavy atom. The van der Waals surface area contributed by atoms with Crippen molar-refractivity contribution in [2.75, 3.05) is 0 Å². The number of benzene rings is 5. The Hall–Kier alpha value is -5.99. The number of aliphatic carboxylic acids is 1. The van der Waals surface area contributed by atoms with Gasteiger partial charge in [-0.3, -0.25) is 9.59 Å². The molecule has 0 bridgehead atoms. The van der Waals surface area contributed by atoms with Crippen molar-refractivity contribution >= 4 is 28.7 Å². The number of H-pyrrole nitrogens is 1. The first-order chi connectivity index (χ1) is 23.9. The first-order valence-electron chi connectivity index (χ1n) is 16.2. The molecule has 1 heterocycles. The smallest absolute Gasteiger partial charge is 0.327 e. The van der Waals surface area contributed by atoms with Crippen LogP contribution in [0.3, 0.4) is 0 Å². The highest BCUT2D eigenvalue weighted by Gasteiger charge is 2.36. The largest absolute Gasteiger partial charge is 0.480 e. The Morgan fingerprint density at radius 2 is 1.04 bits per heavy atom. The van der Waals surface area contributed by atoms with Crippen LogP contribution in [0.4, 0.5) is 0 Å². The number of aromatic amines is 1. The number of fused-ring (bicyclic) bond motifs is 1.